The molecule has 1 heterocycles. The number of rotatable bonds is 2. The van der Waals surface area contributed by atoms with Gasteiger partial charge in [0.15, 0.2) is 0 Å². The number of nitrogens with two attached hydrogens (primary N) is 1. The van der Waals surface area contributed by atoms with Gasteiger partial charge in [-0.25, -0.2) is 4.79 Å². The molecular formula is C13H19NO2. The Morgan fingerprint density at radius 1 is 1.56 bits per heavy atom. The summed E-state index contributed by atoms with van der Waals surface area (Å²) in [5.41, 5.74) is 7.31. The van der Waals surface area contributed by atoms with E-state index in [0.717, 1.165) is 5.57 Å². The van der Waals surface area contributed by atoms with E-state index < -0.39 is 0 Å². The number of esters is 1. The first kappa shape index (κ1) is 12.6. The fourth-order valence-corrected chi connectivity index (χ4v) is 1.56. The molecular weight excluding hydrogens is 202 g/mol. The quantitative estimate of drug-likeness (QED) is 0.575. The maximum absolute atomic E-state index is 11.7. The molecule has 0 bridgehead atoms. The van der Waals surface area contributed by atoms with Gasteiger partial charge >= 0.3 is 5.97 Å². The van der Waals surface area contributed by atoms with Crippen LogP contribution in [0.15, 0.2) is 35.6 Å². The third-order valence-electron chi connectivity index (χ3n) is 3.35. The van der Waals surface area contributed by atoms with Crippen molar-refractivity contribution in [2.75, 3.05) is 0 Å². The van der Waals surface area contributed by atoms with Gasteiger partial charge in [-0.1, -0.05) is 20.4 Å². The zero-order valence-corrected chi connectivity index (χ0v) is 10.3. The molecule has 0 aromatic rings. The van der Waals surface area contributed by atoms with Gasteiger partial charge in [-0.15, -0.1) is 0 Å². The molecule has 3 nitrogen and oxygen atoms in total. The number of carbonyl (C=O) groups is 1. The Morgan fingerprint density at radius 2 is 2.12 bits per heavy atom. The van der Waals surface area contributed by atoms with E-state index in [0.29, 0.717) is 11.3 Å². The van der Waals surface area contributed by atoms with Gasteiger partial charge in [0.1, 0.15) is 6.10 Å². The molecule has 0 spiro atoms. The maximum Gasteiger partial charge on any atom is 0.338 e. The van der Waals surface area contributed by atoms with Crippen molar-refractivity contribution in [1.82, 2.24) is 0 Å². The van der Waals surface area contributed by atoms with Gasteiger partial charge in [-0.2, -0.15) is 0 Å². The molecule has 1 aliphatic heterocycles. The Bertz CT molecular complexity index is 389. The van der Waals surface area contributed by atoms with Crippen molar-refractivity contribution < 1.29 is 9.53 Å². The third kappa shape index (κ3) is 2.18. The second-order valence-electron chi connectivity index (χ2n) is 4.72. The molecule has 0 aromatic heterocycles. The summed E-state index contributed by atoms with van der Waals surface area (Å²) in [6, 6.07) is 0. The molecule has 1 rings (SSSR count). The minimum Gasteiger partial charge on any atom is -0.458 e. The van der Waals surface area contributed by atoms with E-state index in [4.69, 9.17) is 10.5 Å². The predicted molar refractivity (Wildman–Crippen MR) is 64.5 cm³/mol. The number of cyclic esters (lactones) is 1. The lowest BCUT2D eigenvalue weighted by atomic mass is 9.76. The summed E-state index contributed by atoms with van der Waals surface area (Å²) >= 11 is 0. The van der Waals surface area contributed by atoms with Gasteiger partial charge in [0.2, 0.25) is 0 Å². The smallest absolute Gasteiger partial charge is 0.338 e. The van der Waals surface area contributed by atoms with Crippen LogP contribution in [-0.2, 0) is 9.53 Å². The Morgan fingerprint density at radius 3 is 2.62 bits per heavy atom. The molecule has 0 aliphatic carbocycles. The molecule has 0 saturated heterocycles. The molecule has 2 N–H and O–H groups in total. The van der Waals surface area contributed by atoms with Crippen LogP contribution in [0.1, 0.15) is 27.7 Å². The van der Waals surface area contributed by atoms with Crippen LogP contribution in [0.2, 0.25) is 0 Å². The molecule has 0 saturated carbocycles. The molecule has 3 heteroatoms. The number of hydrogen-bond donors (Lipinski definition) is 1. The van der Waals surface area contributed by atoms with Gasteiger partial charge in [0.25, 0.3) is 0 Å². The topological polar surface area (TPSA) is 52.3 Å². The van der Waals surface area contributed by atoms with Crippen LogP contribution in [0.25, 0.3) is 0 Å². The zero-order chi connectivity index (χ0) is 12.5. The molecule has 88 valence electrons. The second-order valence-corrected chi connectivity index (χ2v) is 4.72. The van der Waals surface area contributed by atoms with Crippen LogP contribution in [-0.4, -0.2) is 12.1 Å². The summed E-state index contributed by atoms with van der Waals surface area (Å²) in [7, 11) is 0. The van der Waals surface area contributed by atoms with Crippen molar-refractivity contribution >= 4 is 5.97 Å². The third-order valence-corrected chi connectivity index (χ3v) is 3.35. The van der Waals surface area contributed by atoms with Gasteiger partial charge in [-0.05, 0) is 31.6 Å². The molecule has 0 fully saturated rings. The largest absolute Gasteiger partial charge is 0.458 e. The van der Waals surface area contributed by atoms with E-state index in [2.05, 4.69) is 20.4 Å². The van der Waals surface area contributed by atoms with Crippen molar-refractivity contribution in [2.45, 2.75) is 33.8 Å². The SMILES string of the molecule is C=C(N)/C=C\C1=C(C)C(C)(C)C(C)OC1=O. The van der Waals surface area contributed by atoms with Crippen LogP contribution in [0.4, 0.5) is 0 Å². The normalized spacial score (nSPS) is 24.8. The molecule has 1 unspecified atom stereocenters. The molecule has 1 atom stereocenters. The summed E-state index contributed by atoms with van der Waals surface area (Å²) in [5, 5.41) is 0. The second kappa shape index (κ2) is 4.16. The molecule has 16 heavy (non-hydrogen) atoms. The standard InChI is InChI=1S/C13H19NO2/c1-8(14)6-7-11-9(2)13(4,5)10(3)16-12(11)15/h6-7,10H,1,14H2,2-5H3/b7-6-. The van der Waals surface area contributed by atoms with Gasteiger partial charge in [0, 0.05) is 11.1 Å². The average molecular weight is 221 g/mol. The summed E-state index contributed by atoms with van der Waals surface area (Å²) < 4.78 is 5.30. The lowest BCUT2D eigenvalue weighted by molar-refractivity contribution is -0.150. The first-order chi connectivity index (χ1) is 7.26. The summed E-state index contributed by atoms with van der Waals surface area (Å²) in [4.78, 5) is 11.7. The van der Waals surface area contributed by atoms with Crippen LogP contribution in [0, 0.1) is 5.41 Å². The summed E-state index contributed by atoms with van der Waals surface area (Å²) in [6.07, 6.45) is 3.18. The minimum absolute atomic E-state index is 0.113. The lowest BCUT2D eigenvalue weighted by Crippen LogP contribution is -2.38. The highest BCUT2D eigenvalue weighted by Crippen LogP contribution is 2.38. The first-order valence-corrected chi connectivity index (χ1v) is 5.31. The molecule has 0 radical (unpaired) electrons. The van der Waals surface area contributed by atoms with E-state index in [9.17, 15) is 4.79 Å². The van der Waals surface area contributed by atoms with Gasteiger partial charge in [0.05, 0.1) is 5.57 Å². The van der Waals surface area contributed by atoms with Crippen molar-refractivity contribution in [3.63, 3.8) is 0 Å². The lowest BCUT2D eigenvalue weighted by Gasteiger charge is -2.37. The van der Waals surface area contributed by atoms with E-state index in [-0.39, 0.29) is 17.5 Å². The molecule has 0 amide bonds. The Hall–Kier alpha value is -1.51. The van der Waals surface area contributed by atoms with Crippen molar-refractivity contribution in [3.8, 4) is 0 Å². The van der Waals surface area contributed by atoms with E-state index in [1.54, 1.807) is 12.2 Å². The van der Waals surface area contributed by atoms with Crippen LogP contribution < -0.4 is 5.73 Å². The highest BCUT2D eigenvalue weighted by Gasteiger charge is 2.38. The predicted octanol–water partition coefficient (Wildman–Crippen LogP) is 2.30. The number of hydrogen-bond acceptors (Lipinski definition) is 3. The van der Waals surface area contributed by atoms with Crippen LogP contribution >= 0.6 is 0 Å². The first-order valence-electron chi connectivity index (χ1n) is 5.31. The monoisotopic (exact) mass is 221 g/mol. The zero-order valence-electron chi connectivity index (χ0n) is 10.3. The van der Waals surface area contributed by atoms with Crippen LogP contribution in [0.5, 0.6) is 0 Å². The summed E-state index contributed by atoms with van der Waals surface area (Å²) in [6.45, 7) is 11.5. The van der Waals surface area contributed by atoms with Crippen molar-refractivity contribution in [2.24, 2.45) is 11.1 Å². The molecule has 0 aromatic carbocycles. The fourth-order valence-electron chi connectivity index (χ4n) is 1.56. The highest BCUT2D eigenvalue weighted by atomic mass is 16.5. The van der Waals surface area contributed by atoms with Gasteiger partial charge in [-0.3, -0.25) is 0 Å². The van der Waals surface area contributed by atoms with E-state index >= 15 is 0 Å². The average Bonchev–Trinajstić information content (AvgIpc) is 2.15. The maximum atomic E-state index is 11.7. The summed E-state index contributed by atoms with van der Waals surface area (Å²) in [5.74, 6) is -0.290. The Kier molecular flexibility index (Phi) is 3.27. The Balaban J connectivity index is 3.18. The van der Waals surface area contributed by atoms with E-state index in [1.165, 1.54) is 0 Å². The Labute approximate surface area is 96.7 Å². The highest BCUT2D eigenvalue weighted by molar-refractivity contribution is 5.93. The van der Waals surface area contributed by atoms with E-state index in [1.807, 2.05) is 13.8 Å². The van der Waals surface area contributed by atoms with Crippen molar-refractivity contribution in [1.29, 1.82) is 0 Å². The number of allylic oxidation sites excluding steroid dienone is 1. The van der Waals surface area contributed by atoms with Crippen molar-refractivity contribution in [3.05, 3.63) is 35.6 Å². The number of carbonyl (C=O) groups excluding carboxylic acids is 1. The molecule has 1 aliphatic rings. The van der Waals surface area contributed by atoms with Crippen LogP contribution in [0.3, 0.4) is 0 Å². The number of ether oxygens (including phenoxy) is 1. The van der Waals surface area contributed by atoms with Gasteiger partial charge < -0.3 is 10.5 Å². The fraction of sp³-hybridized carbons (Fsp3) is 0.462. The minimum atomic E-state index is -0.290.